The fourth-order valence-corrected chi connectivity index (χ4v) is 1.82. The number of benzene rings is 1. The number of aromatic nitrogens is 1. The normalized spacial score (nSPS) is 10.8. The Hall–Kier alpha value is -2.09. The lowest BCUT2D eigenvalue weighted by Crippen LogP contribution is -1.83. The lowest BCUT2D eigenvalue weighted by molar-refractivity contribution is 0.582. The zero-order valence-corrected chi connectivity index (χ0v) is 8.97. The Morgan fingerprint density at radius 2 is 1.94 bits per heavy atom. The summed E-state index contributed by atoms with van der Waals surface area (Å²) in [5.74, 6) is 0.880. The minimum atomic E-state index is 0.880. The fourth-order valence-electron chi connectivity index (χ4n) is 1.82. The Morgan fingerprint density at radius 1 is 1.06 bits per heavy atom. The van der Waals surface area contributed by atoms with Crippen LogP contribution in [0.3, 0.4) is 0 Å². The van der Waals surface area contributed by atoms with E-state index in [-0.39, 0.29) is 0 Å². The highest BCUT2D eigenvalue weighted by atomic mass is 16.3. The molecule has 2 heterocycles. The van der Waals surface area contributed by atoms with Crippen LogP contribution in [0.25, 0.3) is 22.2 Å². The van der Waals surface area contributed by atoms with Gasteiger partial charge in [0.05, 0.1) is 11.8 Å². The number of nitrogens with zero attached hydrogens (tertiary/aromatic N) is 1. The number of rotatable bonds is 1. The molecule has 0 N–H and O–H groups in total. The minimum absolute atomic E-state index is 0.880. The van der Waals surface area contributed by atoms with Crippen LogP contribution >= 0.6 is 0 Å². The Kier molecular flexibility index (Phi) is 2.00. The molecule has 0 atom stereocenters. The number of furan rings is 1. The van der Waals surface area contributed by atoms with Crippen molar-refractivity contribution < 1.29 is 4.42 Å². The van der Waals surface area contributed by atoms with Crippen LogP contribution in [0.2, 0.25) is 0 Å². The molecule has 0 aliphatic rings. The SMILES string of the molecule is Cc1ccc2ccc(-c3ccco3)cc2n1. The van der Waals surface area contributed by atoms with Crippen LogP contribution in [0.1, 0.15) is 5.69 Å². The van der Waals surface area contributed by atoms with E-state index in [4.69, 9.17) is 4.42 Å². The van der Waals surface area contributed by atoms with Gasteiger partial charge in [0, 0.05) is 16.6 Å². The van der Waals surface area contributed by atoms with E-state index in [0.717, 1.165) is 27.9 Å². The summed E-state index contributed by atoms with van der Waals surface area (Å²) in [4.78, 5) is 4.50. The number of pyridine rings is 1. The van der Waals surface area contributed by atoms with E-state index in [0.29, 0.717) is 0 Å². The van der Waals surface area contributed by atoms with Gasteiger partial charge < -0.3 is 4.42 Å². The topological polar surface area (TPSA) is 26.0 Å². The predicted octanol–water partition coefficient (Wildman–Crippen LogP) is 3.80. The van der Waals surface area contributed by atoms with Gasteiger partial charge in [-0.1, -0.05) is 18.2 Å². The first kappa shape index (κ1) is 9.16. The van der Waals surface area contributed by atoms with Crippen molar-refractivity contribution in [1.82, 2.24) is 4.98 Å². The number of fused-ring (bicyclic) bond motifs is 1. The van der Waals surface area contributed by atoms with Crippen molar-refractivity contribution in [3.05, 3.63) is 54.4 Å². The molecule has 16 heavy (non-hydrogen) atoms. The van der Waals surface area contributed by atoms with E-state index >= 15 is 0 Å². The lowest BCUT2D eigenvalue weighted by atomic mass is 10.1. The van der Waals surface area contributed by atoms with Gasteiger partial charge >= 0.3 is 0 Å². The van der Waals surface area contributed by atoms with Crippen LogP contribution in [0.4, 0.5) is 0 Å². The monoisotopic (exact) mass is 209 g/mol. The largest absolute Gasteiger partial charge is 0.464 e. The molecule has 0 unspecified atom stereocenters. The van der Waals surface area contributed by atoms with Crippen LogP contribution in [0, 0.1) is 6.92 Å². The summed E-state index contributed by atoms with van der Waals surface area (Å²) < 4.78 is 5.37. The number of aryl methyl sites for hydroxylation is 1. The molecule has 0 aliphatic carbocycles. The molecule has 0 radical (unpaired) electrons. The molecule has 0 bridgehead atoms. The molecule has 2 aromatic heterocycles. The summed E-state index contributed by atoms with van der Waals surface area (Å²) in [6.07, 6.45) is 1.68. The first-order chi connectivity index (χ1) is 7.83. The molecule has 0 aliphatic heterocycles. The summed E-state index contributed by atoms with van der Waals surface area (Å²) in [6.45, 7) is 2.00. The van der Waals surface area contributed by atoms with Crippen LogP contribution in [0.15, 0.2) is 53.1 Å². The maximum absolute atomic E-state index is 5.37. The Labute approximate surface area is 93.5 Å². The minimum Gasteiger partial charge on any atom is -0.464 e. The Balaban J connectivity index is 2.22. The highest BCUT2D eigenvalue weighted by Gasteiger charge is 2.02. The van der Waals surface area contributed by atoms with Crippen LogP contribution in [-0.2, 0) is 0 Å². The second kappa shape index (κ2) is 3.49. The van der Waals surface area contributed by atoms with Gasteiger partial charge in [0.25, 0.3) is 0 Å². The summed E-state index contributed by atoms with van der Waals surface area (Å²) in [5, 5.41) is 1.15. The summed E-state index contributed by atoms with van der Waals surface area (Å²) >= 11 is 0. The van der Waals surface area contributed by atoms with Gasteiger partial charge in [-0.05, 0) is 31.2 Å². The average Bonchev–Trinajstić information content (AvgIpc) is 2.81. The van der Waals surface area contributed by atoms with Gasteiger partial charge in [0.2, 0.25) is 0 Å². The van der Waals surface area contributed by atoms with Crippen LogP contribution < -0.4 is 0 Å². The summed E-state index contributed by atoms with van der Waals surface area (Å²) in [7, 11) is 0. The van der Waals surface area contributed by atoms with Gasteiger partial charge in [-0.25, -0.2) is 0 Å². The van der Waals surface area contributed by atoms with Crippen molar-refractivity contribution >= 4 is 10.9 Å². The smallest absolute Gasteiger partial charge is 0.133 e. The standard InChI is InChI=1S/C14H11NO/c1-10-4-5-11-6-7-12(9-13(11)15-10)14-3-2-8-16-14/h2-9H,1H3. The van der Waals surface area contributed by atoms with Gasteiger partial charge in [-0.3, -0.25) is 4.98 Å². The predicted molar refractivity (Wildman–Crippen MR) is 64.2 cm³/mol. The van der Waals surface area contributed by atoms with Crippen molar-refractivity contribution in [2.24, 2.45) is 0 Å². The maximum Gasteiger partial charge on any atom is 0.133 e. The molecule has 0 saturated carbocycles. The second-order valence-corrected chi connectivity index (χ2v) is 3.84. The van der Waals surface area contributed by atoms with Crippen molar-refractivity contribution in [2.75, 3.05) is 0 Å². The van der Waals surface area contributed by atoms with Crippen molar-refractivity contribution in [2.45, 2.75) is 6.92 Å². The highest BCUT2D eigenvalue weighted by molar-refractivity contribution is 5.83. The molecule has 0 fully saturated rings. The van der Waals surface area contributed by atoms with E-state index in [1.54, 1.807) is 6.26 Å². The van der Waals surface area contributed by atoms with E-state index in [1.807, 2.05) is 25.1 Å². The Bertz CT molecular complexity index is 626. The molecular weight excluding hydrogens is 198 g/mol. The molecule has 2 heteroatoms. The zero-order chi connectivity index (χ0) is 11.0. The molecule has 2 nitrogen and oxygen atoms in total. The number of hydrogen-bond acceptors (Lipinski definition) is 2. The van der Waals surface area contributed by atoms with E-state index < -0.39 is 0 Å². The van der Waals surface area contributed by atoms with Gasteiger partial charge in [-0.15, -0.1) is 0 Å². The molecule has 0 saturated heterocycles. The first-order valence-electron chi connectivity index (χ1n) is 5.24. The third-order valence-corrected chi connectivity index (χ3v) is 2.64. The van der Waals surface area contributed by atoms with Crippen molar-refractivity contribution in [3.63, 3.8) is 0 Å². The lowest BCUT2D eigenvalue weighted by Gasteiger charge is -2.01. The molecule has 3 rings (SSSR count). The van der Waals surface area contributed by atoms with E-state index in [2.05, 4.69) is 29.2 Å². The van der Waals surface area contributed by atoms with Crippen LogP contribution in [0.5, 0.6) is 0 Å². The number of hydrogen-bond donors (Lipinski definition) is 0. The maximum atomic E-state index is 5.37. The fraction of sp³-hybridized carbons (Fsp3) is 0.0714. The third kappa shape index (κ3) is 1.48. The van der Waals surface area contributed by atoms with E-state index in [1.165, 1.54) is 0 Å². The first-order valence-corrected chi connectivity index (χ1v) is 5.24. The quantitative estimate of drug-likeness (QED) is 0.609. The third-order valence-electron chi connectivity index (χ3n) is 2.64. The molecule has 0 amide bonds. The highest BCUT2D eigenvalue weighted by Crippen LogP contribution is 2.23. The summed E-state index contributed by atoms with van der Waals surface area (Å²) in [5.41, 5.74) is 3.11. The van der Waals surface area contributed by atoms with E-state index in [9.17, 15) is 0 Å². The Morgan fingerprint density at radius 3 is 2.75 bits per heavy atom. The summed E-state index contributed by atoms with van der Waals surface area (Å²) in [6, 6.07) is 14.1. The van der Waals surface area contributed by atoms with Crippen LogP contribution in [-0.4, -0.2) is 4.98 Å². The van der Waals surface area contributed by atoms with Gasteiger partial charge in [-0.2, -0.15) is 0 Å². The zero-order valence-electron chi connectivity index (χ0n) is 8.97. The van der Waals surface area contributed by atoms with Gasteiger partial charge in [0.15, 0.2) is 0 Å². The molecule has 78 valence electrons. The molecular formula is C14H11NO. The molecule has 1 aromatic carbocycles. The van der Waals surface area contributed by atoms with Gasteiger partial charge in [0.1, 0.15) is 5.76 Å². The van der Waals surface area contributed by atoms with Crippen molar-refractivity contribution in [1.29, 1.82) is 0 Å². The average molecular weight is 209 g/mol. The van der Waals surface area contributed by atoms with Crippen molar-refractivity contribution in [3.8, 4) is 11.3 Å². The molecule has 3 aromatic rings. The second-order valence-electron chi connectivity index (χ2n) is 3.84. The molecule has 0 spiro atoms.